The van der Waals surface area contributed by atoms with Crippen molar-refractivity contribution < 1.29 is 14.3 Å². The van der Waals surface area contributed by atoms with Crippen molar-refractivity contribution in [3.63, 3.8) is 0 Å². The van der Waals surface area contributed by atoms with E-state index < -0.39 is 11.6 Å². The number of benzene rings is 1. The van der Waals surface area contributed by atoms with Gasteiger partial charge in [-0.15, -0.1) is 0 Å². The van der Waals surface area contributed by atoms with Gasteiger partial charge in [0.05, 0.1) is 5.69 Å². The summed E-state index contributed by atoms with van der Waals surface area (Å²) in [5.74, 6) is 0.809. The van der Waals surface area contributed by atoms with Crippen molar-refractivity contribution >= 4 is 11.7 Å². The highest BCUT2D eigenvalue weighted by Gasteiger charge is 2.32. The Morgan fingerprint density at radius 3 is 2.67 bits per heavy atom. The number of hydrogen-bond acceptors (Lipinski definition) is 4. The second-order valence-electron chi connectivity index (χ2n) is 4.46. The van der Waals surface area contributed by atoms with Crippen molar-refractivity contribution in [2.75, 3.05) is 5.73 Å². The molecule has 1 heterocycles. The van der Waals surface area contributed by atoms with Crippen LogP contribution in [0.5, 0.6) is 11.5 Å². The second-order valence-corrected chi connectivity index (χ2v) is 4.46. The monoisotopic (exact) mass is 207 g/mol. The number of nitrogens with two attached hydrogens (primary N) is 1. The minimum atomic E-state index is -0.527. The summed E-state index contributed by atoms with van der Waals surface area (Å²) in [4.78, 5) is 11.8. The van der Waals surface area contributed by atoms with E-state index in [9.17, 15) is 4.79 Å². The molecule has 0 unspecified atom stereocenters. The van der Waals surface area contributed by atoms with E-state index in [0.717, 1.165) is 0 Å². The molecule has 4 nitrogen and oxygen atoms in total. The van der Waals surface area contributed by atoms with E-state index in [4.69, 9.17) is 15.2 Å². The quantitative estimate of drug-likeness (QED) is 0.443. The van der Waals surface area contributed by atoms with Crippen molar-refractivity contribution in [2.24, 2.45) is 0 Å². The summed E-state index contributed by atoms with van der Waals surface area (Å²) in [7, 11) is 0. The van der Waals surface area contributed by atoms with Crippen LogP contribution in [0.1, 0.15) is 31.1 Å². The molecule has 0 radical (unpaired) electrons. The summed E-state index contributed by atoms with van der Waals surface area (Å²) in [5.41, 5.74) is 5.89. The Bertz CT molecular complexity index is 428. The van der Waals surface area contributed by atoms with E-state index in [1.807, 2.05) is 20.8 Å². The van der Waals surface area contributed by atoms with Crippen LogP contribution in [0.4, 0.5) is 5.69 Å². The van der Waals surface area contributed by atoms with E-state index in [2.05, 4.69) is 0 Å². The fourth-order valence-electron chi connectivity index (χ4n) is 1.29. The maximum atomic E-state index is 11.8. The average Bonchev–Trinajstić information content (AvgIpc) is 2.78. The van der Waals surface area contributed by atoms with Crippen molar-refractivity contribution in [2.45, 2.75) is 26.4 Å². The summed E-state index contributed by atoms with van der Waals surface area (Å²) in [5, 5.41) is 0. The zero-order valence-electron chi connectivity index (χ0n) is 8.96. The third kappa shape index (κ3) is 1.88. The van der Waals surface area contributed by atoms with E-state index in [1.165, 1.54) is 0 Å². The van der Waals surface area contributed by atoms with Gasteiger partial charge in [0.25, 0.3) is 0 Å². The van der Waals surface area contributed by atoms with Crippen LogP contribution in [0.15, 0.2) is 12.1 Å². The number of fused-ring (bicyclic) bond motifs is 1. The molecule has 2 rings (SSSR count). The van der Waals surface area contributed by atoms with Gasteiger partial charge in [-0.2, -0.15) is 0 Å². The first-order chi connectivity index (χ1) is 6.88. The van der Waals surface area contributed by atoms with E-state index in [-0.39, 0.29) is 0 Å². The summed E-state index contributed by atoms with van der Waals surface area (Å²) in [6, 6.07) is 3.38. The van der Waals surface area contributed by atoms with Gasteiger partial charge in [-0.1, -0.05) is 0 Å². The van der Waals surface area contributed by atoms with Crippen LogP contribution in [0, 0.1) is 0 Å². The molecule has 1 aromatic rings. The number of nitrogen functional groups attached to an aromatic ring is 1. The molecule has 15 heavy (non-hydrogen) atoms. The van der Waals surface area contributed by atoms with Crippen molar-refractivity contribution in [3.05, 3.63) is 17.7 Å². The highest BCUT2D eigenvalue weighted by molar-refractivity contribution is 6.01. The fourth-order valence-corrected chi connectivity index (χ4v) is 1.29. The lowest BCUT2D eigenvalue weighted by molar-refractivity contribution is 0.00707. The molecule has 0 amide bonds. The van der Waals surface area contributed by atoms with Gasteiger partial charge in [0, 0.05) is 0 Å². The van der Waals surface area contributed by atoms with Crippen LogP contribution in [-0.2, 0) is 4.74 Å². The molecule has 1 aliphatic heterocycles. The topological polar surface area (TPSA) is 64.8 Å². The second kappa shape index (κ2) is 2.89. The summed E-state index contributed by atoms with van der Waals surface area (Å²) >= 11 is 0. The molecule has 80 valence electrons. The Labute approximate surface area is 88.0 Å². The first kappa shape index (κ1) is 9.83. The zero-order valence-corrected chi connectivity index (χ0v) is 8.96. The maximum absolute atomic E-state index is 11.8. The molecule has 0 saturated heterocycles. The Morgan fingerprint density at radius 1 is 1.40 bits per heavy atom. The van der Waals surface area contributed by atoms with Crippen LogP contribution < -0.4 is 10.5 Å². The van der Waals surface area contributed by atoms with Crippen LogP contribution >= 0.6 is 0 Å². The highest BCUT2D eigenvalue weighted by Crippen LogP contribution is 2.50. The van der Waals surface area contributed by atoms with E-state index in [1.54, 1.807) is 12.1 Å². The Balaban J connectivity index is 2.28. The number of rotatable bonds is 1. The average molecular weight is 207 g/mol. The number of anilines is 1. The van der Waals surface area contributed by atoms with Gasteiger partial charge < -0.3 is 15.2 Å². The Kier molecular flexibility index (Phi) is 1.89. The van der Waals surface area contributed by atoms with Gasteiger partial charge in [0.1, 0.15) is 11.2 Å². The molecule has 1 aliphatic rings. The normalized spacial score (nSPS) is 12.7. The van der Waals surface area contributed by atoms with Crippen LogP contribution in [0.25, 0.3) is 0 Å². The first-order valence-corrected chi connectivity index (χ1v) is 4.72. The predicted octanol–water partition coefficient (Wildman–Crippen LogP) is 2.33. The van der Waals surface area contributed by atoms with Gasteiger partial charge in [-0.25, -0.2) is 4.79 Å². The Hall–Kier alpha value is -1.71. The van der Waals surface area contributed by atoms with Gasteiger partial charge in [0.15, 0.2) is 11.5 Å². The number of esters is 1. The largest absolute Gasteiger partial charge is 0.456 e. The van der Waals surface area contributed by atoms with Crippen LogP contribution in [-0.4, -0.2) is 11.6 Å². The molecule has 0 aliphatic carbocycles. The number of carbonyl (C=O) groups is 1. The van der Waals surface area contributed by atoms with E-state index >= 15 is 0 Å². The number of hydrogen-bond donors (Lipinski definition) is 1. The molecule has 0 bridgehead atoms. The summed E-state index contributed by atoms with van der Waals surface area (Å²) in [6.07, 6.45) is 0. The van der Waals surface area contributed by atoms with E-state index in [0.29, 0.717) is 22.7 Å². The minimum absolute atomic E-state index is 0.336. The predicted molar refractivity (Wildman–Crippen MR) is 56.1 cm³/mol. The van der Waals surface area contributed by atoms with Gasteiger partial charge in [-0.3, -0.25) is 0 Å². The smallest absolute Gasteiger partial charge is 0.344 e. The highest BCUT2D eigenvalue weighted by atomic mass is 16.6. The third-order valence-electron chi connectivity index (χ3n) is 1.93. The molecule has 0 fully saturated rings. The maximum Gasteiger partial charge on any atom is 0.344 e. The lowest BCUT2D eigenvalue weighted by atomic mass is 10.1. The summed E-state index contributed by atoms with van der Waals surface area (Å²) in [6.45, 7) is 5.43. The van der Waals surface area contributed by atoms with Crippen molar-refractivity contribution in [3.8, 4) is 11.5 Å². The third-order valence-corrected chi connectivity index (χ3v) is 1.93. The molecule has 0 spiro atoms. The molecular formula is C11H13NO3. The molecular weight excluding hydrogens is 194 g/mol. The molecule has 0 aromatic heterocycles. The minimum Gasteiger partial charge on any atom is -0.456 e. The molecule has 4 heteroatoms. The number of ether oxygens (including phenoxy) is 2. The summed E-state index contributed by atoms with van der Waals surface area (Å²) < 4.78 is 10.3. The lowest BCUT2D eigenvalue weighted by Gasteiger charge is -2.19. The standard InChI is InChI=1S/C11H13NO3/c1-11(2,3)15-10(13)8-6(12)4-5-7-9(8)14-7/h4-5H,12H2,1-3H3. The molecule has 1 aromatic carbocycles. The molecule has 0 saturated carbocycles. The first-order valence-electron chi connectivity index (χ1n) is 4.72. The zero-order chi connectivity index (χ0) is 11.2. The van der Waals surface area contributed by atoms with Crippen molar-refractivity contribution in [1.29, 1.82) is 0 Å². The van der Waals surface area contributed by atoms with Crippen LogP contribution in [0.2, 0.25) is 0 Å². The van der Waals surface area contributed by atoms with Gasteiger partial charge >= 0.3 is 5.97 Å². The lowest BCUT2D eigenvalue weighted by Crippen LogP contribution is -2.24. The van der Waals surface area contributed by atoms with Crippen LogP contribution in [0.3, 0.4) is 0 Å². The van der Waals surface area contributed by atoms with Crippen molar-refractivity contribution in [1.82, 2.24) is 0 Å². The number of carbonyl (C=O) groups excluding carboxylic acids is 1. The Morgan fingerprint density at radius 2 is 2.07 bits per heavy atom. The van der Waals surface area contributed by atoms with Gasteiger partial charge in [-0.05, 0) is 32.9 Å². The molecule has 2 N–H and O–H groups in total. The molecule has 0 atom stereocenters. The SMILES string of the molecule is CC(C)(C)OC(=O)c1c(N)ccc2c1O2. The fraction of sp³-hybridized carbons (Fsp3) is 0.364. The van der Waals surface area contributed by atoms with Gasteiger partial charge in [0.2, 0.25) is 0 Å².